The maximum atomic E-state index is 11.4. The zero-order valence-corrected chi connectivity index (χ0v) is 11.9. The molecule has 0 aliphatic rings. The van der Waals surface area contributed by atoms with Crippen molar-refractivity contribution in [3.63, 3.8) is 0 Å². The van der Waals surface area contributed by atoms with Crippen molar-refractivity contribution in [2.24, 2.45) is 5.84 Å². The van der Waals surface area contributed by atoms with Crippen molar-refractivity contribution >= 4 is 27.3 Å². The molecule has 1 rings (SSSR count). The van der Waals surface area contributed by atoms with Gasteiger partial charge in [-0.05, 0) is 6.92 Å². The average molecular weight is 304 g/mol. The van der Waals surface area contributed by atoms with Gasteiger partial charge in [0.05, 0.1) is 10.7 Å². The van der Waals surface area contributed by atoms with Crippen LogP contribution in [-0.4, -0.2) is 41.4 Å². The quantitative estimate of drug-likeness (QED) is 0.353. The van der Waals surface area contributed by atoms with E-state index in [0.29, 0.717) is 0 Å². The molecule has 0 saturated heterocycles. The number of anilines is 2. The highest BCUT2D eigenvalue weighted by molar-refractivity contribution is 7.91. The molecule has 20 heavy (non-hydrogen) atoms. The first kappa shape index (κ1) is 16.0. The molecule has 0 spiro atoms. The molecule has 0 bridgehead atoms. The number of nitrogens with two attached hydrogens (primary N) is 1. The van der Waals surface area contributed by atoms with Crippen LogP contribution in [0.25, 0.3) is 0 Å². The molecule has 0 fully saturated rings. The van der Waals surface area contributed by atoms with Crippen molar-refractivity contribution in [3.8, 4) is 0 Å². The van der Waals surface area contributed by atoms with Crippen molar-refractivity contribution in [1.82, 2.24) is 9.97 Å². The Kier molecular flexibility index (Phi) is 5.16. The van der Waals surface area contributed by atoms with E-state index in [-0.39, 0.29) is 41.2 Å². The molecule has 0 aliphatic heterocycles. The Morgan fingerprint density at radius 3 is 2.55 bits per heavy atom. The molecule has 11 heteroatoms. The minimum atomic E-state index is -3.16. The first-order valence-electron chi connectivity index (χ1n) is 5.74. The maximum absolute atomic E-state index is 11.4. The number of nitrogen functional groups attached to an aromatic ring is 1. The molecule has 0 aromatic carbocycles. The summed E-state index contributed by atoms with van der Waals surface area (Å²) < 4.78 is 22.7. The van der Waals surface area contributed by atoms with Gasteiger partial charge in [0.25, 0.3) is 0 Å². The van der Waals surface area contributed by atoms with Crippen LogP contribution in [0.5, 0.6) is 0 Å². The molecule has 0 saturated carbocycles. The first-order valence-corrected chi connectivity index (χ1v) is 7.56. The van der Waals surface area contributed by atoms with E-state index in [2.05, 4.69) is 20.7 Å². The zero-order chi connectivity index (χ0) is 15.3. The maximum Gasteiger partial charge on any atom is 0.332 e. The number of nitrogens with one attached hydrogen (secondary N) is 2. The van der Waals surface area contributed by atoms with Gasteiger partial charge in [-0.2, -0.15) is 4.98 Å². The van der Waals surface area contributed by atoms with Crippen LogP contribution in [0.2, 0.25) is 0 Å². The van der Waals surface area contributed by atoms with Gasteiger partial charge in [0.2, 0.25) is 11.8 Å². The molecule has 0 amide bonds. The summed E-state index contributed by atoms with van der Waals surface area (Å²) in [6.45, 7) is 2.98. The SMILES string of the molecule is CCS(=O)(=O)CCNc1nc(NN)nc(C)c1[N+](=O)[O-]. The third kappa shape index (κ3) is 3.99. The molecule has 1 aromatic rings. The molecule has 112 valence electrons. The van der Waals surface area contributed by atoms with E-state index in [1.807, 2.05) is 0 Å². The molecule has 1 aromatic heterocycles. The van der Waals surface area contributed by atoms with Crippen LogP contribution >= 0.6 is 0 Å². The highest BCUT2D eigenvalue weighted by atomic mass is 32.2. The number of aryl methyl sites for hydroxylation is 1. The van der Waals surface area contributed by atoms with E-state index in [4.69, 9.17) is 5.84 Å². The molecule has 0 aliphatic carbocycles. The summed E-state index contributed by atoms with van der Waals surface area (Å²) in [5.41, 5.74) is 2.01. The van der Waals surface area contributed by atoms with Gasteiger partial charge in [-0.1, -0.05) is 6.92 Å². The van der Waals surface area contributed by atoms with Gasteiger partial charge in [-0.15, -0.1) is 0 Å². The lowest BCUT2D eigenvalue weighted by molar-refractivity contribution is -0.385. The van der Waals surface area contributed by atoms with Crippen LogP contribution < -0.4 is 16.6 Å². The molecule has 0 radical (unpaired) electrons. The van der Waals surface area contributed by atoms with E-state index in [0.717, 1.165) is 0 Å². The van der Waals surface area contributed by atoms with E-state index < -0.39 is 14.8 Å². The van der Waals surface area contributed by atoms with Crippen molar-refractivity contribution in [2.45, 2.75) is 13.8 Å². The second kappa shape index (κ2) is 6.43. The second-order valence-electron chi connectivity index (χ2n) is 3.89. The van der Waals surface area contributed by atoms with Crippen LogP contribution in [0.4, 0.5) is 17.5 Å². The Morgan fingerprint density at radius 2 is 2.05 bits per heavy atom. The smallest absolute Gasteiger partial charge is 0.332 e. The Labute approximate surface area is 115 Å². The highest BCUT2D eigenvalue weighted by Gasteiger charge is 2.22. The first-order chi connectivity index (χ1) is 9.30. The summed E-state index contributed by atoms with van der Waals surface area (Å²) in [7, 11) is -3.16. The lowest BCUT2D eigenvalue weighted by Gasteiger charge is -2.09. The summed E-state index contributed by atoms with van der Waals surface area (Å²) >= 11 is 0. The third-order valence-electron chi connectivity index (χ3n) is 2.52. The van der Waals surface area contributed by atoms with Crippen LogP contribution in [0.1, 0.15) is 12.6 Å². The predicted molar refractivity (Wildman–Crippen MR) is 74.1 cm³/mol. The minimum absolute atomic E-state index is 0.00829. The van der Waals surface area contributed by atoms with Crippen molar-refractivity contribution < 1.29 is 13.3 Å². The summed E-state index contributed by atoms with van der Waals surface area (Å²) in [6, 6.07) is 0. The molecular formula is C9H16N6O4S. The monoisotopic (exact) mass is 304 g/mol. The standard InChI is InChI=1S/C9H16N6O4S/c1-3-20(18,19)5-4-11-8-7(15(16)17)6(2)12-9(13-8)14-10/h3-5,10H2,1-2H3,(H2,11,12,13,14). The summed E-state index contributed by atoms with van der Waals surface area (Å²) in [5.74, 6) is 4.97. The van der Waals surface area contributed by atoms with Gasteiger partial charge >= 0.3 is 5.69 Å². The van der Waals surface area contributed by atoms with Crippen LogP contribution in [-0.2, 0) is 9.84 Å². The Morgan fingerprint density at radius 1 is 1.40 bits per heavy atom. The van der Waals surface area contributed by atoms with Crippen LogP contribution in [0, 0.1) is 17.0 Å². The number of nitrogens with zero attached hydrogens (tertiary/aromatic N) is 3. The summed E-state index contributed by atoms with van der Waals surface area (Å²) in [6.07, 6.45) is 0. The molecule has 4 N–H and O–H groups in total. The minimum Gasteiger partial charge on any atom is -0.363 e. The number of hydrogen-bond acceptors (Lipinski definition) is 9. The van der Waals surface area contributed by atoms with Gasteiger partial charge in [0.1, 0.15) is 5.69 Å². The Balaban J connectivity index is 2.98. The average Bonchev–Trinajstić information content (AvgIpc) is 2.37. The second-order valence-corrected chi connectivity index (χ2v) is 6.37. The predicted octanol–water partition coefficient (Wildman–Crippen LogP) is -0.175. The van der Waals surface area contributed by atoms with Crippen molar-refractivity contribution in [1.29, 1.82) is 0 Å². The van der Waals surface area contributed by atoms with Crippen LogP contribution in [0.15, 0.2) is 0 Å². The molecule has 10 nitrogen and oxygen atoms in total. The number of rotatable bonds is 7. The Bertz CT molecular complexity index is 603. The third-order valence-corrected chi connectivity index (χ3v) is 4.22. The summed E-state index contributed by atoms with van der Waals surface area (Å²) in [5, 5.41) is 13.6. The molecule has 0 atom stereocenters. The van der Waals surface area contributed by atoms with Gasteiger partial charge in [-0.3, -0.25) is 15.5 Å². The fourth-order valence-electron chi connectivity index (χ4n) is 1.44. The van der Waals surface area contributed by atoms with Crippen LogP contribution in [0.3, 0.4) is 0 Å². The van der Waals surface area contributed by atoms with E-state index >= 15 is 0 Å². The topological polar surface area (TPSA) is 153 Å². The number of aromatic nitrogens is 2. The van der Waals surface area contributed by atoms with Crippen molar-refractivity contribution in [3.05, 3.63) is 15.8 Å². The van der Waals surface area contributed by atoms with E-state index in [9.17, 15) is 18.5 Å². The fourth-order valence-corrected chi connectivity index (χ4v) is 2.14. The van der Waals surface area contributed by atoms with Crippen molar-refractivity contribution in [2.75, 3.05) is 28.8 Å². The highest BCUT2D eigenvalue weighted by Crippen LogP contribution is 2.25. The largest absolute Gasteiger partial charge is 0.363 e. The van der Waals surface area contributed by atoms with Gasteiger partial charge in [-0.25, -0.2) is 19.2 Å². The van der Waals surface area contributed by atoms with Gasteiger partial charge < -0.3 is 5.32 Å². The lowest BCUT2D eigenvalue weighted by atomic mass is 10.3. The number of hydrogen-bond donors (Lipinski definition) is 3. The van der Waals surface area contributed by atoms with Gasteiger partial charge in [0.15, 0.2) is 9.84 Å². The normalized spacial score (nSPS) is 11.2. The van der Waals surface area contributed by atoms with E-state index in [1.165, 1.54) is 13.8 Å². The lowest BCUT2D eigenvalue weighted by Crippen LogP contribution is -2.19. The number of hydrazine groups is 1. The summed E-state index contributed by atoms with van der Waals surface area (Å²) in [4.78, 5) is 18.0. The molecule has 1 heterocycles. The van der Waals surface area contributed by atoms with Gasteiger partial charge in [0, 0.05) is 12.3 Å². The molecular weight excluding hydrogens is 288 g/mol. The fraction of sp³-hybridized carbons (Fsp3) is 0.556. The Hall–Kier alpha value is -2.01. The molecule has 0 unspecified atom stereocenters. The zero-order valence-electron chi connectivity index (χ0n) is 11.1. The van der Waals surface area contributed by atoms with E-state index in [1.54, 1.807) is 0 Å². The number of nitro groups is 1. The number of sulfone groups is 1.